The van der Waals surface area contributed by atoms with E-state index in [-0.39, 0.29) is 17.8 Å². The van der Waals surface area contributed by atoms with Gasteiger partial charge in [-0.15, -0.1) is 23.1 Å². The number of hydrogen-bond acceptors (Lipinski definition) is 6. The van der Waals surface area contributed by atoms with Crippen molar-refractivity contribution in [3.63, 3.8) is 0 Å². The van der Waals surface area contributed by atoms with Crippen LogP contribution in [0, 0.1) is 5.82 Å². The van der Waals surface area contributed by atoms with Crippen LogP contribution in [0.4, 0.5) is 4.39 Å². The molecule has 2 fully saturated rings. The lowest BCUT2D eigenvalue weighted by atomic mass is 9.96. The molecule has 2 atom stereocenters. The molecule has 2 saturated heterocycles. The molecule has 30 heavy (non-hydrogen) atoms. The third kappa shape index (κ3) is 3.72. The molecule has 1 aromatic carbocycles. The molecule has 1 amide bonds. The minimum atomic E-state index is -0.195. The van der Waals surface area contributed by atoms with Gasteiger partial charge in [0.1, 0.15) is 21.0 Å². The van der Waals surface area contributed by atoms with Crippen LogP contribution >= 0.6 is 23.1 Å². The van der Waals surface area contributed by atoms with Crippen LogP contribution in [0.5, 0.6) is 0 Å². The third-order valence-corrected chi connectivity index (χ3v) is 8.21. The Hall–Kier alpha value is -2.03. The quantitative estimate of drug-likeness (QED) is 0.591. The summed E-state index contributed by atoms with van der Waals surface area (Å²) in [4.78, 5) is 26.8. The SMILES string of the molecule is CSc1c(C(=O)NC2CC3CCC(C2)N3Cc2ccc(F)cc2)sc2nccnc12. The van der Waals surface area contributed by atoms with Gasteiger partial charge in [-0.2, -0.15) is 0 Å². The maximum atomic E-state index is 13.2. The molecule has 8 heteroatoms. The van der Waals surface area contributed by atoms with Crippen molar-refractivity contribution in [3.8, 4) is 0 Å². The van der Waals surface area contributed by atoms with Gasteiger partial charge in [-0.1, -0.05) is 12.1 Å². The molecule has 2 aliphatic heterocycles. The molecule has 0 aliphatic carbocycles. The number of piperidine rings is 1. The topological polar surface area (TPSA) is 58.1 Å². The second-order valence-corrected chi connectivity index (χ2v) is 9.82. The second-order valence-electron chi connectivity index (χ2n) is 8.00. The zero-order chi connectivity index (χ0) is 20.7. The van der Waals surface area contributed by atoms with E-state index in [9.17, 15) is 9.18 Å². The molecular weight excluding hydrogens is 419 g/mol. The highest BCUT2D eigenvalue weighted by molar-refractivity contribution is 7.99. The van der Waals surface area contributed by atoms with Gasteiger partial charge in [0.25, 0.3) is 5.91 Å². The summed E-state index contributed by atoms with van der Waals surface area (Å²) < 4.78 is 13.2. The van der Waals surface area contributed by atoms with E-state index in [1.807, 2.05) is 18.4 Å². The third-order valence-electron chi connectivity index (χ3n) is 6.19. The molecule has 2 aliphatic rings. The molecule has 0 saturated carbocycles. The van der Waals surface area contributed by atoms with Crippen LogP contribution in [0.1, 0.15) is 40.9 Å². The van der Waals surface area contributed by atoms with Crippen LogP contribution in [0.2, 0.25) is 0 Å². The Morgan fingerprint density at radius 1 is 1.20 bits per heavy atom. The fourth-order valence-corrected chi connectivity index (χ4v) is 6.81. The fourth-order valence-electron chi connectivity index (χ4n) is 4.85. The first kappa shape index (κ1) is 19.9. The second kappa shape index (κ2) is 8.24. The van der Waals surface area contributed by atoms with Gasteiger partial charge in [0.15, 0.2) is 0 Å². The number of nitrogens with one attached hydrogen (secondary N) is 1. The standard InChI is InChI=1S/C22H23FN4OS2/c1-29-19-18-22(25-9-8-24-18)30-20(19)21(28)26-15-10-16-6-7-17(11-15)27(16)12-13-2-4-14(23)5-3-13/h2-5,8-9,15-17H,6-7,10-12H2,1H3,(H,26,28). The number of halogens is 1. The van der Waals surface area contributed by atoms with Gasteiger partial charge in [0, 0.05) is 37.1 Å². The first-order valence-corrected chi connectivity index (χ1v) is 12.2. The summed E-state index contributed by atoms with van der Waals surface area (Å²) in [5.41, 5.74) is 1.96. The predicted molar refractivity (Wildman–Crippen MR) is 118 cm³/mol. The van der Waals surface area contributed by atoms with Gasteiger partial charge in [0.2, 0.25) is 0 Å². The summed E-state index contributed by atoms with van der Waals surface area (Å²) in [6.07, 6.45) is 9.54. The first-order chi connectivity index (χ1) is 14.6. The van der Waals surface area contributed by atoms with Gasteiger partial charge in [-0.3, -0.25) is 14.7 Å². The highest BCUT2D eigenvalue weighted by atomic mass is 32.2. The zero-order valence-electron chi connectivity index (χ0n) is 16.7. The number of aromatic nitrogens is 2. The lowest BCUT2D eigenvalue weighted by Gasteiger charge is -2.39. The van der Waals surface area contributed by atoms with Crippen molar-refractivity contribution in [2.24, 2.45) is 0 Å². The molecule has 0 radical (unpaired) electrons. The first-order valence-electron chi connectivity index (χ1n) is 10.2. The van der Waals surface area contributed by atoms with E-state index in [1.165, 1.54) is 23.5 Å². The van der Waals surface area contributed by atoms with Gasteiger partial charge in [0.05, 0.1) is 4.90 Å². The fraction of sp³-hybridized carbons (Fsp3) is 0.409. The minimum Gasteiger partial charge on any atom is -0.348 e. The lowest BCUT2D eigenvalue weighted by Crippen LogP contribution is -2.49. The van der Waals surface area contributed by atoms with Crippen molar-refractivity contribution in [2.45, 2.75) is 55.2 Å². The van der Waals surface area contributed by atoms with Crippen molar-refractivity contribution in [2.75, 3.05) is 6.26 Å². The average molecular weight is 443 g/mol. The van der Waals surface area contributed by atoms with Gasteiger partial charge < -0.3 is 5.32 Å². The van der Waals surface area contributed by atoms with Crippen LogP contribution in [0.25, 0.3) is 10.3 Å². The number of benzene rings is 1. The summed E-state index contributed by atoms with van der Waals surface area (Å²) in [6, 6.07) is 7.91. The van der Waals surface area contributed by atoms with Gasteiger partial charge in [-0.05, 0) is 49.6 Å². The van der Waals surface area contributed by atoms with Crippen molar-refractivity contribution >= 4 is 39.4 Å². The molecule has 2 aromatic heterocycles. The lowest BCUT2D eigenvalue weighted by molar-refractivity contribution is 0.0829. The van der Waals surface area contributed by atoms with Crippen molar-refractivity contribution in [3.05, 3.63) is 52.9 Å². The summed E-state index contributed by atoms with van der Waals surface area (Å²) in [7, 11) is 0. The van der Waals surface area contributed by atoms with Crippen LogP contribution < -0.4 is 5.32 Å². The highest BCUT2D eigenvalue weighted by Crippen LogP contribution is 2.38. The van der Waals surface area contributed by atoms with Gasteiger partial charge >= 0.3 is 0 Å². The molecule has 2 unspecified atom stereocenters. The van der Waals surface area contributed by atoms with Crippen LogP contribution in [-0.4, -0.2) is 45.2 Å². The number of carbonyl (C=O) groups is 1. The number of fused-ring (bicyclic) bond motifs is 3. The summed E-state index contributed by atoms with van der Waals surface area (Å²) in [6.45, 7) is 0.848. The monoisotopic (exact) mass is 442 g/mol. The molecule has 4 heterocycles. The van der Waals surface area contributed by atoms with Gasteiger partial charge in [-0.25, -0.2) is 9.37 Å². The smallest absolute Gasteiger partial charge is 0.262 e. The van der Waals surface area contributed by atoms with E-state index in [2.05, 4.69) is 20.2 Å². The Morgan fingerprint density at radius 2 is 1.90 bits per heavy atom. The summed E-state index contributed by atoms with van der Waals surface area (Å²) in [5, 5.41) is 3.29. The van der Waals surface area contributed by atoms with E-state index < -0.39 is 0 Å². The zero-order valence-corrected chi connectivity index (χ0v) is 18.3. The van der Waals surface area contributed by atoms with Crippen molar-refractivity contribution < 1.29 is 9.18 Å². The average Bonchev–Trinajstić information content (AvgIpc) is 3.23. The number of thioether (sulfide) groups is 1. The van der Waals surface area contributed by atoms with Crippen LogP contribution in [-0.2, 0) is 6.54 Å². The summed E-state index contributed by atoms with van der Waals surface area (Å²) >= 11 is 2.97. The number of carbonyl (C=O) groups excluding carboxylic acids is 1. The van der Waals surface area contributed by atoms with E-state index in [0.717, 1.165) is 53.0 Å². The molecule has 3 aromatic rings. The number of nitrogens with zero attached hydrogens (tertiary/aromatic N) is 3. The van der Waals surface area contributed by atoms with E-state index in [4.69, 9.17) is 0 Å². The number of thiophene rings is 1. The predicted octanol–water partition coefficient (Wildman–Crippen LogP) is 4.48. The largest absolute Gasteiger partial charge is 0.348 e. The molecule has 2 bridgehead atoms. The molecule has 0 spiro atoms. The van der Waals surface area contributed by atoms with Crippen LogP contribution in [0.15, 0.2) is 41.6 Å². The molecular formula is C22H23FN4OS2. The number of rotatable bonds is 5. The molecule has 156 valence electrons. The molecule has 5 nitrogen and oxygen atoms in total. The Morgan fingerprint density at radius 3 is 2.60 bits per heavy atom. The minimum absolute atomic E-state index is 0.0134. The number of amides is 1. The normalized spacial score (nSPS) is 23.7. The Balaban J connectivity index is 1.28. The van der Waals surface area contributed by atoms with Crippen molar-refractivity contribution in [1.29, 1.82) is 0 Å². The Bertz CT molecular complexity index is 1060. The Kier molecular flexibility index (Phi) is 5.47. The van der Waals surface area contributed by atoms with Crippen LogP contribution in [0.3, 0.4) is 0 Å². The maximum Gasteiger partial charge on any atom is 0.262 e. The summed E-state index contributed by atoms with van der Waals surface area (Å²) in [5.74, 6) is -0.208. The van der Waals surface area contributed by atoms with E-state index in [1.54, 1.807) is 24.2 Å². The molecule has 5 rings (SSSR count). The van der Waals surface area contributed by atoms with E-state index >= 15 is 0 Å². The highest BCUT2D eigenvalue weighted by Gasteiger charge is 2.41. The van der Waals surface area contributed by atoms with Crippen molar-refractivity contribution in [1.82, 2.24) is 20.2 Å². The Labute approximate surface area is 183 Å². The van der Waals surface area contributed by atoms with E-state index in [0.29, 0.717) is 17.0 Å². The number of hydrogen-bond donors (Lipinski definition) is 1. The molecule has 1 N–H and O–H groups in total. The maximum absolute atomic E-state index is 13.2.